The molecule has 5 heteroatoms. The lowest BCUT2D eigenvalue weighted by molar-refractivity contribution is 0.00852. The fourth-order valence-electron chi connectivity index (χ4n) is 3.25. The molecule has 4 nitrogen and oxygen atoms in total. The molecule has 1 fully saturated rings. The largest absolute Gasteiger partial charge is 0.444 e. The number of hydrogen-bond donors (Lipinski definition) is 1. The normalized spacial score (nSPS) is 19.4. The third-order valence-electron chi connectivity index (χ3n) is 4.38. The highest BCUT2D eigenvalue weighted by Gasteiger charge is 2.31. The zero-order valence-corrected chi connectivity index (χ0v) is 17.0. The van der Waals surface area contributed by atoms with Crippen LogP contribution in [-0.4, -0.2) is 41.5 Å². The highest BCUT2D eigenvalue weighted by atomic mass is 32.2. The lowest BCUT2D eigenvalue weighted by atomic mass is 9.96. The van der Waals surface area contributed by atoms with E-state index in [1.165, 1.54) is 11.3 Å². The first-order valence-corrected chi connectivity index (χ1v) is 10.4. The van der Waals surface area contributed by atoms with Gasteiger partial charge in [-0.2, -0.15) is 0 Å². The van der Waals surface area contributed by atoms with Crippen LogP contribution in [-0.2, 0) is 4.74 Å². The van der Waals surface area contributed by atoms with Crippen LogP contribution in [0.5, 0.6) is 0 Å². The number of nitrogens with one attached hydrogen (secondary N) is 1. The number of carbonyl (C=O) groups excluding carboxylic acids is 1. The number of carbonyl (C=O) groups is 1. The van der Waals surface area contributed by atoms with Gasteiger partial charge in [-0.3, -0.25) is 0 Å². The molecule has 0 bridgehead atoms. The number of hydrogen-bond acceptors (Lipinski definition) is 4. The molecular formula is C20H32N2O2S. The number of piperidine rings is 1. The molecule has 1 N–H and O–H groups in total. The van der Waals surface area contributed by atoms with E-state index in [0.717, 1.165) is 31.5 Å². The molecule has 1 saturated heterocycles. The van der Waals surface area contributed by atoms with Gasteiger partial charge in [0.2, 0.25) is 0 Å². The first-order valence-electron chi connectivity index (χ1n) is 9.18. The summed E-state index contributed by atoms with van der Waals surface area (Å²) in [6.45, 7) is 8.75. The maximum atomic E-state index is 12.5. The number of anilines is 1. The summed E-state index contributed by atoms with van der Waals surface area (Å²) in [6.07, 6.45) is 6.14. The van der Waals surface area contributed by atoms with E-state index < -0.39 is 5.60 Å². The van der Waals surface area contributed by atoms with E-state index in [4.69, 9.17) is 4.74 Å². The van der Waals surface area contributed by atoms with E-state index in [-0.39, 0.29) is 12.1 Å². The van der Waals surface area contributed by atoms with Crippen LogP contribution in [0.1, 0.15) is 53.4 Å². The minimum atomic E-state index is -0.442. The molecule has 1 aliphatic rings. The van der Waals surface area contributed by atoms with Gasteiger partial charge in [0.15, 0.2) is 0 Å². The number of nitrogens with zero attached hydrogens (tertiary/aromatic N) is 1. The predicted octanol–water partition coefficient (Wildman–Crippen LogP) is 5.39. The van der Waals surface area contributed by atoms with Crippen molar-refractivity contribution < 1.29 is 9.53 Å². The van der Waals surface area contributed by atoms with E-state index in [2.05, 4.69) is 42.8 Å². The highest BCUT2D eigenvalue weighted by Crippen LogP contribution is 2.25. The van der Waals surface area contributed by atoms with Gasteiger partial charge < -0.3 is 15.0 Å². The molecular weight excluding hydrogens is 332 g/mol. The van der Waals surface area contributed by atoms with Gasteiger partial charge in [0, 0.05) is 29.2 Å². The lowest BCUT2D eigenvalue weighted by Gasteiger charge is -2.38. The topological polar surface area (TPSA) is 41.6 Å². The Morgan fingerprint density at radius 3 is 2.60 bits per heavy atom. The molecule has 1 aromatic carbocycles. The second-order valence-corrected chi connectivity index (χ2v) is 8.71. The first-order chi connectivity index (χ1) is 11.8. The summed E-state index contributed by atoms with van der Waals surface area (Å²) in [4.78, 5) is 15.7. The molecule has 1 aliphatic heterocycles. The van der Waals surface area contributed by atoms with Crippen molar-refractivity contribution in [2.75, 3.05) is 18.1 Å². The Morgan fingerprint density at radius 2 is 2.00 bits per heavy atom. The number of rotatable bonds is 5. The summed E-state index contributed by atoms with van der Waals surface area (Å²) in [5.41, 5.74) is 0.687. The van der Waals surface area contributed by atoms with Crippen molar-refractivity contribution in [1.82, 2.24) is 4.90 Å². The van der Waals surface area contributed by atoms with Crippen LogP contribution in [0.15, 0.2) is 29.2 Å². The van der Waals surface area contributed by atoms with Gasteiger partial charge in [-0.15, -0.1) is 11.8 Å². The van der Waals surface area contributed by atoms with Gasteiger partial charge in [-0.25, -0.2) is 4.79 Å². The zero-order valence-electron chi connectivity index (χ0n) is 16.2. The minimum absolute atomic E-state index is 0.172. The molecule has 2 unspecified atom stereocenters. The average molecular weight is 365 g/mol. The van der Waals surface area contributed by atoms with Crippen molar-refractivity contribution in [3.05, 3.63) is 24.3 Å². The van der Waals surface area contributed by atoms with Crippen LogP contribution in [0, 0.1) is 0 Å². The predicted molar refractivity (Wildman–Crippen MR) is 107 cm³/mol. The second kappa shape index (κ2) is 8.84. The molecule has 2 atom stereocenters. The van der Waals surface area contributed by atoms with Gasteiger partial charge in [-0.1, -0.05) is 0 Å². The molecule has 1 amide bonds. The van der Waals surface area contributed by atoms with Crippen LogP contribution in [0.25, 0.3) is 0 Å². The van der Waals surface area contributed by atoms with Crippen LogP contribution in [0.2, 0.25) is 0 Å². The quantitative estimate of drug-likeness (QED) is 0.711. The molecule has 0 aliphatic carbocycles. The fourth-order valence-corrected chi connectivity index (χ4v) is 3.65. The Balaban J connectivity index is 1.93. The van der Waals surface area contributed by atoms with Crippen molar-refractivity contribution in [2.24, 2.45) is 0 Å². The Kier molecular flexibility index (Phi) is 7.05. The van der Waals surface area contributed by atoms with Gasteiger partial charge in [0.1, 0.15) is 5.60 Å². The summed E-state index contributed by atoms with van der Waals surface area (Å²) in [5, 5.41) is 3.56. The fraction of sp³-hybridized carbons (Fsp3) is 0.650. The molecule has 0 saturated carbocycles. The SMILES string of the molecule is CSc1ccc(NC(C)CC2CCCCN2C(=O)OC(C)(C)C)cc1. The molecule has 2 rings (SSSR count). The van der Waals surface area contributed by atoms with Crippen molar-refractivity contribution in [1.29, 1.82) is 0 Å². The number of thioether (sulfide) groups is 1. The Hall–Kier alpha value is -1.36. The van der Waals surface area contributed by atoms with Crippen LogP contribution in [0.4, 0.5) is 10.5 Å². The standard InChI is InChI=1S/C20H32N2O2S/c1-15(21-16-9-11-18(25-5)12-10-16)14-17-8-6-7-13-22(17)19(23)24-20(2,3)4/h9-12,15,17,21H,6-8,13-14H2,1-5H3. The number of amides is 1. The van der Waals surface area contributed by atoms with E-state index in [9.17, 15) is 4.79 Å². The maximum absolute atomic E-state index is 12.5. The van der Waals surface area contributed by atoms with E-state index in [0.29, 0.717) is 6.04 Å². The smallest absolute Gasteiger partial charge is 0.410 e. The molecule has 25 heavy (non-hydrogen) atoms. The summed E-state index contributed by atoms with van der Waals surface area (Å²) >= 11 is 1.75. The summed E-state index contributed by atoms with van der Waals surface area (Å²) in [5.74, 6) is 0. The zero-order chi connectivity index (χ0) is 18.4. The van der Waals surface area contributed by atoms with Crippen molar-refractivity contribution in [3.8, 4) is 0 Å². The summed E-state index contributed by atoms with van der Waals surface area (Å²) in [7, 11) is 0. The molecule has 1 aromatic rings. The number of ether oxygens (including phenoxy) is 1. The van der Waals surface area contributed by atoms with E-state index in [1.54, 1.807) is 11.8 Å². The minimum Gasteiger partial charge on any atom is -0.444 e. The third kappa shape index (κ3) is 6.46. The second-order valence-electron chi connectivity index (χ2n) is 7.83. The third-order valence-corrected chi connectivity index (χ3v) is 5.13. The van der Waals surface area contributed by atoms with E-state index >= 15 is 0 Å². The van der Waals surface area contributed by atoms with Gasteiger partial charge in [-0.05, 0) is 83.9 Å². The first kappa shape index (κ1) is 20.0. The molecule has 0 radical (unpaired) electrons. The van der Waals surface area contributed by atoms with Crippen molar-refractivity contribution in [3.63, 3.8) is 0 Å². The van der Waals surface area contributed by atoms with Gasteiger partial charge >= 0.3 is 6.09 Å². The summed E-state index contributed by atoms with van der Waals surface area (Å²) < 4.78 is 5.60. The van der Waals surface area contributed by atoms with Gasteiger partial charge in [0.05, 0.1) is 0 Å². The molecule has 1 heterocycles. The number of likely N-dealkylation sites (tertiary alicyclic amines) is 1. The molecule has 0 aromatic heterocycles. The lowest BCUT2D eigenvalue weighted by Crippen LogP contribution is -2.47. The van der Waals surface area contributed by atoms with Gasteiger partial charge in [0.25, 0.3) is 0 Å². The molecule has 0 spiro atoms. The van der Waals surface area contributed by atoms with Crippen LogP contribution in [0.3, 0.4) is 0 Å². The Bertz CT molecular complexity index is 554. The monoisotopic (exact) mass is 364 g/mol. The van der Waals surface area contributed by atoms with Crippen LogP contribution < -0.4 is 5.32 Å². The Labute approximate surface area is 156 Å². The van der Waals surface area contributed by atoms with Crippen molar-refractivity contribution >= 4 is 23.5 Å². The highest BCUT2D eigenvalue weighted by molar-refractivity contribution is 7.98. The number of benzene rings is 1. The molecule has 140 valence electrons. The Morgan fingerprint density at radius 1 is 1.32 bits per heavy atom. The van der Waals surface area contributed by atoms with Crippen LogP contribution >= 0.6 is 11.8 Å². The van der Waals surface area contributed by atoms with E-state index in [1.807, 2.05) is 25.7 Å². The van der Waals surface area contributed by atoms with Crippen molar-refractivity contribution in [2.45, 2.75) is 76.0 Å². The maximum Gasteiger partial charge on any atom is 0.410 e. The average Bonchev–Trinajstić information content (AvgIpc) is 2.54. The summed E-state index contributed by atoms with van der Waals surface area (Å²) in [6, 6.07) is 9.05.